The van der Waals surface area contributed by atoms with Gasteiger partial charge >= 0.3 is 0 Å². The molecule has 0 bridgehead atoms. The van der Waals surface area contributed by atoms with Gasteiger partial charge in [0.1, 0.15) is 0 Å². The molecule has 0 aliphatic carbocycles. The van der Waals surface area contributed by atoms with Crippen molar-refractivity contribution in [1.29, 1.82) is 0 Å². The number of hydrogen-bond donors (Lipinski definition) is 2. The smallest absolute Gasteiger partial charge is 0.203 e. The zero-order valence-electron chi connectivity index (χ0n) is 15.7. The molecule has 2 N–H and O–H groups in total. The van der Waals surface area contributed by atoms with Crippen LogP contribution < -0.4 is 19.5 Å². The van der Waals surface area contributed by atoms with E-state index in [1.807, 2.05) is 30.5 Å². The van der Waals surface area contributed by atoms with Crippen molar-refractivity contribution >= 4 is 10.9 Å². The van der Waals surface area contributed by atoms with Crippen molar-refractivity contribution in [2.24, 2.45) is 0 Å². The molecule has 6 heteroatoms. The molecule has 0 amide bonds. The second-order valence-corrected chi connectivity index (χ2v) is 6.52. The van der Waals surface area contributed by atoms with Gasteiger partial charge in [-0.25, -0.2) is 0 Å². The van der Waals surface area contributed by atoms with Gasteiger partial charge in [-0.2, -0.15) is 0 Å². The average Bonchev–Trinajstić information content (AvgIpc) is 3.17. The Morgan fingerprint density at radius 3 is 2.33 bits per heavy atom. The zero-order chi connectivity index (χ0) is 18.8. The summed E-state index contributed by atoms with van der Waals surface area (Å²) in [5.41, 5.74) is 3.27. The molecule has 142 valence electrons. The predicted octanol–water partition coefficient (Wildman–Crippen LogP) is 3.60. The summed E-state index contributed by atoms with van der Waals surface area (Å²) in [5.74, 6) is 1.84. The molecule has 0 unspecified atom stereocenters. The van der Waals surface area contributed by atoms with E-state index in [-0.39, 0.29) is 12.2 Å². The number of benzene rings is 2. The summed E-state index contributed by atoms with van der Waals surface area (Å²) in [6.45, 7) is 1.49. The number of aromatic amines is 1. The van der Waals surface area contributed by atoms with Crippen molar-refractivity contribution in [3.8, 4) is 17.2 Å². The largest absolute Gasteiger partial charge is 0.493 e. The van der Waals surface area contributed by atoms with Crippen molar-refractivity contribution in [2.45, 2.75) is 12.2 Å². The number of H-pyrrole nitrogens is 1. The van der Waals surface area contributed by atoms with E-state index in [1.165, 1.54) is 5.39 Å². The summed E-state index contributed by atoms with van der Waals surface area (Å²) in [4.78, 5) is 3.33. The standard InChI is InChI=1S/C21H24N2O4/c1-24-17-8-13(9-18(25-2)21(17)26-3)19-11-22-12-20(27-19)15-10-23-16-7-5-4-6-14(15)16/h4-10,19-20,22-23H,11-12H2,1-3H3/t19-,20+/m1/s1. The Bertz CT molecular complexity index is 912. The van der Waals surface area contributed by atoms with Crippen LogP contribution in [-0.2, 0) is 4.74 Å². The van der Waals surface area contributed by atoms with Crippen LogP contribution in [0.15, 0.2) is 42.6 Å². The van der Waals surface area contributed by atoms with Crippen molar-refractivity contribution in [1.82, 2.24) is 10.3 Å². The molecule has 2 heterocycles. The molecule has 2 aromatic carbocycles. The van der Waals surface area contributed by atoms with Crippen molar-refractivity contribution in [3.05, 3.63) is 53.7 Å². The second kappa shape index (κ2) is 7.50. The Morgan fingerprint density at radius 1 is 0.926 bits per heavy atom. The lowest BCUT2D eigenvalue weighted by atomic mass is 10.0. The Kier molecular flexibility index (Phi) is 4.92. The van der Waals surface area contributed by atoms with Crippen LogP contribution in [-0.4, -0.2) is 39.4 Å². The molecule has 1 fully saturated rings. The third kappa shape index (κ3) is 3.22. The summed E-state index contributed by atoms with van der Waals surface area (Å²) >= 11 is 0. The fourth-order valence-corrected chi connectivity index (χ4v) is 3.67. The normalized spacial score (nSPS) is 19.8. The number of rotatable bonds is 5. The van der Waals surface area contributed by atoms with Gasteiger partial charge in [-0.1, -0.05) is 18.2 Å². The summed E-state index contributed by atoms with van der Waals surface area (Å²) in [6, 6.07) is 12.2. The maximum Gasteiger partial charge on any atom is 0.203 e. The van der Waals surface area contributed by atoms with E-state index < -0.39 is 0 Å². The highest BCUT2D eigenvalue weighted by atomic mass is 16.5. The predicted molar refractivity (Wildman–Crippen MR) is 104 cm³/mol. The molecule has 2 atom stereocenters. The minimum absolute atomic E-state index is 0.0426. The van der Waals surface area contributed by atoms with Crippen LogP contribution in [0.3, 0.4) is 0 Å². The van der Waals surface area contributed by atoms with Gasteiger partial charge in [0.25, 0.3) is 0 Å². The van der Waals surface area contributed by atoms with E-state index in [1.54, 1.807) is 21.3 Å². The van der Waals surface area contributed by atoms with E-state index in [4.69, 9.17) is 18.9 Å². The number of hydrogen-bond acceptors (Lipinski definition) is 5. The van der Waals surface area contributed by atoms with Gasteiger partial charge in [0.05, 0.1) is 33.5 Å². The zero-order valence-corrected chi connectivity index (χ0v) is 15.7. The fraction of sp³-hybridized carbons (Fsp3) is 0.333. The number of fused-ring (bicyclic) bond motifs is 1. The van der Waals surface area contributed by atoms with Crippen LogP contribution >= 0.6 is 0 Å². The minimum Gasteiger partial charge on any atom is -0.493 e. The van der Waals surface area contributed by atoms with E-state index in [0.29, 0.717) is 17.2 Å². The summed E-state index contributed by atoms with van der Waals surface area (Å²) in [5, 5.41) is 4.68. The van der Waals surface area contributed by atoms with Gasteiger partial charge in [-0.3, -0.25) is 0 Å². The molecule has 0 radical (unpaired) electrons. The van der Waals surface area contributed by atoms with Crippen LogP contribution in [0.1, 0.15) is 23.3 Å². The number of aromatic nitrogens is 1. The molecule has 1 aromatic heterocycles. The van der Waals surface area contributed by atoms with Gasteiger partial charge in [0.15, 0.2) is 11.5 Å². The number of nitrogens with one attached hydrogen (secondary N) is 2. The number of methoxy groups -OCH3 is 3. The topological polar surface area (TPSA) is 64.7 Å². The van der Waals surface area contributed by atoms with E-state index in [9.17, 15) is 0 Å². The van der Waals surface area contributed by atoms with Crippen LogP contribution in [0.2, 0.25) is 0 Å². The van der Waals surface area contributed by atoms with Crippen molar-refractivity contribution in [2.75, 3.05) is 34.4 Å². The van der Waals surface area contributed by atoms with Crippen LogP contribution in [0.25, 0.3) is 10.9 Å². The van der Waals surface area contributed by atoms with Crippen LogP contribution in [0.5, 0.6) is 17.2 Å². The first kappa shape index (κ1) is 17.7. The van der Waals surface area contributed by atoms with E-state index >= 15 is 0 Å². The molecule has 6 nitrogen and oxygen atoms in total. The summed E-state index contributed by atoms with van der Waals surface area (Å²) in [6.07, 6.45) is 1.87. The maximum atomic E-state index is 6.46. The van der Waals surface area contributed by atoms with Gasteiger partial charge in [0.2, 0.25) is 5.75 Å². The minimum atomic E-state index is -0.119. The summed E-state index contributed by atoms with van der Waals surface area (Å²) < 4.78 is 22.8. The Hall–Kier alpha value is -2.70. The van der Waals surface area contributed by atoms with Crippen LogP contribution in [0.4, 0.5) is 0 Å². The quantitative estimate of drug-likeness (QED) is 0.720. The molecule has 1 aliphatic heterocycles. The maximum absolute atomic E-state index is 6.46. The molecule has 1 saturated heterocycles. The third-order valence-electron chi connectivity index (χ3n) is 5.01. The molecular formula is C21H24N2O4. The second-order valence-electron chi connectivity index (χ2n) is 6.52. The highest BCUT2D eigenvalue weighted by molar-refractivity contribution is 5.83. The van der Waals surface area contributed by atoms with Crippen molar-refractivity contribution in [3.63, 3.8) is 0 Å². The molecule has 4 rings (SSSR count). The first-order chi connectivity index (χ1) is 13.2. The van der Waals surface area contributed by atoms with E-state index in [0.717, 1.165) is 29.7 Å². The van der Waals surface area contributed by atoms with Gasteiger partial charge < -0.3 is 29.2 Å². The highest BCUT2D eigenvalue weighted by Gasteiger charge is 2.28. The lowest BCUT2D eigenvalue weighted by Crippen LogP contribution is -2.35. The van der Waals surface area contributed by atoms with Crippen LogP contribution in [0, 0.1) is 0 Å². The first-order valence-electron chi connectivity index (χ1n) is 8.97. The van der Waals surface area contributed by atoms with E-state index in [2.05, 4.69) is 22.4 Å². The highest BCUT2D eigenvalue weighted by Crippen LogP contribution is 2.42. The number of ether oxygens (including phenoxy) is 4. The van der Waals surface area contributed by atoms with Gasteiger partial charge in [-0.05, 0) is 23.8 Å². The molecule has 27 heavy (non-hydrogen) atoms. The first-order valence-corrected chi connectivity index (χ1v) is 8.97. The number of para-hydroxylation sites is 1. The third-order valence-corrected chi connectivity index (χ3v) is 5.01. The molecular weight excluding hydrogens is 344 g/mol. The molecule has 0 saturated carbocycles. The fourth-order valence-electron chi connectivity index (χ4n) is 3.67. The molecule has 0 spiro atoms. The Balaban J connectivity index is 1.65. The Labute approximate surface area is 158 Å². The van der Waals surface area contributed by atoms with Gasteiger partial charge in [-0.15, -0.1) is 0 Å². The van der Waals surface area contributed by atoms with Crippen molar-refractivity contribution < 1.29 is 18.9 Å². The molecule has 3 aromatic rings. The average molecular weight is 368 g/mol. The van der Waals surface area contributed by atoms with Gasteiger partial charge in [0, 0.05) is 35.8 Å². The monoisotopic (exact) mass is 368 g/mol. The molecule has 1 aliphatic rings. The lowest BCUT2D eigenvalue weighted by Gasteiger charge is -2.31. The Morgan fingerprint density at radius 2 is 1.63 bits per heavy atom. The lowest BCUT2D eigenvalue weighted by molar-refractivity contribution is -0.0400. The number of morpholine rings is 1. The SMILES string of the molecule is COc1cc([C@H]2CNC[C@@H](c3c[nH]c4ccccc34)O2)cc(OC)c1OC. The summed E-state index contributed by atoms with van der Waals surface area (Å²) in [7, 11) is 4.84.